The molecule has 24 heavy (non-hydrogen) atoms. The number of hydrogen-bond acceptors (Lipinski definition) is 5. The SMILES string of the molecule is C[C@@H]1CN(c2ccc(CNC(=O)[C@@H](C)NC(N)=O)cn2)C[C@H](C)O1. The summed E-state index contributed by atoms with van der Waals surface area (Å²) in [7, 11) is 0. The van der Waals surface area contributed by atoms with Crippen LogP contribution in [0.15, 0.2) is 18.3 Å². The maximum Gasteiger partial charge on any atom is 0.312 e. The van der Waals surface area contributed by atoms with E-state index in [9.17, 15) is 9.59 Å². The van der Waals surface area contributed by atoms with Crippen LogP contribution in [0.4, 0.5) is 10.6 Å². The van der Waals surface area contributed by atoms with Crippen LogP contribution in [0.25, 0.3) is 0 Å². The summed E-state index contributed by atoms with van der Waals surface area (Å²) < 4.78 is 5.72. The summed E-state index contributed by atoms with van der Waals surface area (Å²) in [4.78, 5) is 29.2. The largest absolute Gasteiger partial charge is 0.372 e. The third-order valence-corrected chi connectivity index (χ3v) is 3.77. The van der Waals surface area contributed by atoms with Gasteiger partial charge in [-0.15, -0.1) is 0 Å². The van der Waals surface area contributed by atoms with Crippen LogP contribution < -0.4 is 21.3 Å². The summed E-state index contributed by atoms with van der Waals surface area (Å²) in [6.07, 6.45) is 2.09. The Labute approximate surface area is 141 Å². The number of rotatable bonds is 5. The van der Waals surface area contributed by atoms with Gasteiger partial charge in [-0.05, 0) is 32.4 Å². The summed E-state index contributed by atoms with van der Waals surface area (Å²) in [5, 5.41) is 5.07. The van der Waals surface area contributed by atoms with Crippen molar-refractivity contribution in [3.05, 3.63) is 23.9 Å². The number of amides is 3. The molecule has 0 bridgehead atoms. The van der Waals surface area contributed by atoms with E-state index in [4.69, 9.17) is 10.5 Å². The number of primary amides is 1. The molecule has 2 heterocycles. The number of nitrogens with one attached hydrogen (secondary N) is 2. The number of ether oxygens (including phenoxy) is 1. The van der Waals surface area contributed by atoms with Gasteiger partial charge in [-0.1, -0.05) is 6.07 Å². The molecule has 4 N–H and O–H groups in total. The number of carbonyl (C=O) groups is 2. The van der Waals surface area contributed by atoms with Crippen LogP contribution in [-0.4, -0.2) is 48.3 Å². The van der Waals surface area contributed by atoms with Crippen LogP contribution >= 0.6 is 0 Å². The number of nitrogens with zero attached hydrogens (tertiary/aromatic N) is 2. The molecule has 1 aromatic heterocycles. The molecule has 132 valence electrons. The molecule has 1 aromatic rings. The number of hydrogen-bond donors (Lipinski definition) is 3. The van der Waals surface area contributed by atoms with Gasteiger partial charge in [0.15, 0.2) is 0 Å². The van der Waals surface area contributed by atoms with Crippen molar-refractivity contribution in [1.82, 2.24) is 15.6 Å². The van der Waals surface area contributed by atoms with Crippen molar-refractivity contribution < 1.29 is 14.3 Å². The monoisotopic (exact) mass is 335 g/mol. The number of morpholine rings is 1. The fraction of sp³-hybridized carbons (Fsp3) is 0.562. The van der Waals surface area contributed by atoms with Gasteiger partial charge in [0.25, 0.3) is 0 Å². The Morgan fingerprint density at radius 3 is 2.58 bits per heavy atom. The Morgan fingerprint density at radius 1 is 1.38 bits per heavy atom. The quantitative estimate of drug-likeness (QED) is 0.720. The van der Waals surface area contributed by atoms with Crippen molar-refractivity contribution in [3.8, 4) is 0 Å². The van der Waals surface area contributed by atoms with Gasteiger partial charge in [-0.25, -0.2) is 9.78 Å². The van der Waals surface area contributed by atoms with Crippen molar-refractivity contribution in [2.24, 2.45) is 5.73 Å². The van der Waals surface area contributed by atoms with E-state index in [2.05, 4.69) is 20.5 Å². The van der Waals surface area contributed by atoms with Crippen LogP contribution in [0.5, 0.6) is 0 Å². The molecule has 0 aromatic carbocycles. The summed E-state index contributed by atoms with van der Waals surface area (Å²) in [5.41, 5.74) is 5.87. The van der Waals surface area contributed by atoms with Gasteiger partial charge in [0.2, 0.25) is 5.91 Å². The van der Waals surface area contributed by atoms with Gasteiger partial charge in [0, 0.05) is 25.8 Å². The van der Waals surface area contributed by atoms with E-state index >= 15 is 0 Å². The molecule has 0 spiro atoms. The standard InChI is InChI=1S/C16H25N5O3/c1-10-8-21(9-11(2)24-10)14-5-4-13(6-18-14)7-19-15(22)12(3)20-16(17)23/h4-6,10-12H,7-9H2,1-3H3,(H,19,22)(H3,17,20,23)/t10-,11+,12-/m1/s1. The van der Waals surface area contributed by atoms with Gasteiger partial charge in [-0.3, -0.25) is 4.79 Å². The minimum Gasteiger partial charge on any atom is -0.372 e. The first-order valence-corrected chi connectivity index (χ1v) is 8.04. The first kappa shape index (κ1) is 18.0. The fourth-order valence-corrected chi connectivity index (χ4v) is 2.69. The zero-order valence-electron chi connectivity index (χ0n) is 14.3. The van der Waals surface area contributed by atoms with Crippen molar-refractivity contribution in [3.63, 3.8) is 0 Å². The Kier molecular flexibility index (Phi) is 5.97. The summed E-state index contributed by atoms with van der Waals surface area (Å²) >= 11 is 0. The molecule has 0 unspecified atom stereocenters. The van der Waals surface area contributed by atoms with Gasteiger partial charge in [0.1, 0.15) is 11.9 Å². The lowest BCUT2D eigenvalue weighted by Gasteiger charge is -2.36. The molecule has 1 aliphatic heterocycles. The highest BCUT2D eigenvalue weighted by atomic mass is 16.5. The number of carbonyl (C=O) groups excluding carboxylic acids is 2. The first-order chi connectivity index (χ1) is 11.3. The molecule has 0 radical (unpaired) electrons. The first-order valence-electron chi connectivity index (χ1n) is 8.04. The van der Waals surface area contributed by atoms with Crippen LogP contribution in [0, 0.1) is 0 Å². The number of nitrogens with two attached hydrogens (primary N) is 1. The predicted octanol–water partition coefficient (Wildman–Crippen LogP) is 0.368. The Morgan fingerprint density at radius 2 is 2.04 bits per heavy atom. The molecule has 1 fully saturated rings. The fourth-order valence-electron chi connectivity index (χ4n) is 2.69. The summed E-state index contributed by atoms with van der Waals surface area (Å²) in [6.45, 7) is 7.63. The van der Waals surface area contributed by atoms with E-state index in [1.165, 1.54) is 0 Å². The third kappa shape index (κ3) is 5.09. The highest BCUT2D eigenvalue weighted by Crippen LogP contribution is 2.18. The van der Waals surface area contributed by atoms with Gasteiger partial charge in [0.05, 0.1) is 12.2 Å². The van der Waals surface area contributed by atoms with E-state index in [1.807, 2.05) is 26.0 Å². The smallest absolute Gasteiger partial charge is 0.312 e. The van der Waals surface area contributed by atoms with Crippen LogP contribution in [0.3, 0.4) is 0 Å². The second-order valence-corrected chi connectivity index (χ2v) is 6.14. The number of anilines is 1. The second kappa shape index (κ2) is 7.96. The predicted molar refractivity (Wildman–Crippen MR) is 90.5 cm³/mol. The highest BCUT2D eigenvalue weighted by molar-refractivity contribution is 5.86. The molecular weight excluding hydrogens is 310 g/mol. The minimum atomic E-state index is -0.724. The van der Waals surface area contributed by atoms with Gasteiger partial charge >= 0.3 is 6.03 Å². The average molecular weight is 335 g/mol. The number of aromatic nitrogens is 1. The third-order valence-electron chi connectivity index (χ3n) is 3.77. The van der Waals surface area contributed by atoms with Crippen LogP contribution in [0.1, 0.15) is 26.3 Å². The molecule has 8 heteroatoms. The van der Waals surface area contributed by atoms with E-state index in [-0.39, 0.29) is 18.1 Å². The number of pyridine rings is 1. The average Bonchev–Trinajstić information content (AvgIpc) is 2.51. The van der Waals surface area contributed by atoms with Crippen LogP contribution in [-0.2, 0) is 16.1 Å². The topological polar surface area (TPSA) is 110 Å². The van der Waals surface area contributed by atoms with Gasteiger partial charge in [-0.2, -0.15) is 0 Å². The van der Waals surface area contributed by atoms with Crippen molar-refractivity contribution in [2.75, 3.05) is 18.0 Å². The lowest BCUT2D eigenvalue weighted by molar-refractivity contribution is -0.122. The molecule has 0 saturated carbocycles. The lowest BCUT2D eigenvalue weighted by Crippen LogP contribution is -2.46. The Hall–Kier alpha value is -2.35. The molecule has 1 saturated heterocycles. The molecule has 0 aliphatic carbocycles. The molecule has 3 atom stereocenters. The second-order valence-electron chi connectivity index (χ2n) is 6.14. The maximum atomic E-state index is 11.8. The number of urea groups is 1. The zero-order valence-corrected chi connectivity index (χ0v) is 14.3. The van der Waals surface area contributed by atoms with Crippen molar-refractivity contribution in [2.45, 2.75) is 45.6 Å². The Bertz CT molecular complexity index is 568. The molecule has 8 nitrogen and oxygen atoms in total. The minimum absolute atomic E-state index is 0.175. The van der Waals surface area contributed by atoms with Crippen molar-refractivity contribution in [1.29, 1.82) is 0 Å². The summed E-state index contributed by atoms with van der Waals surface area (Å²) in [5.74, 6) is 0.601. The molecule has 3 amide bonds. The van der Waals surface area contributed by atoms with E-state index in [0.29, 0.717) is 6.54 Å². The van der Waals surface area contributed by atoms with Crippen molar-refractivity contribution >= 4 is 17.8 Å². The summed E-state index contributed by atoms with van der Waals surface area (Å²) in [6, 6.07) is 2.47. The van der Waals surface area contributed by atoms with Gasteiger partial charge < -0.3 is 26.0 Å². The maximum absolute atomic E-state index is 11.8. The van der Waals surface area contributed by atoms with E-state index < -0.39 is 12.1 Å². The molecular formula is C16H25N5O3. The molecule has 2 rings (SSSR count). The highest BCUT2D eigenvalue weighted by Gasteiger charge is 2.23. The van der Waals surface area contributed by atoms with E-state index in [1.54, 1.807) is 13.1 Å². The molecule has 1 aliphatic rings. The Balaban J connectivity index is 1.88. The lowest BCUT2D eigenvalue weighted by atomic mass is 10.2. The zero-order chi connectivity index (χ0) is 17.7. The van der Waals surface area contributed by atoms with E-state index in [0.717, 1.165) is 24.5 Å². The normalized spacial score (nSPS) is 21.9. The van der Waals surface area contributed by atoms with Crippen LogP contribution in [0.2, 0.25) is 0 Å².